The molecule has 0 heterocycles. The average Bonchev–Trinajstić information content (AvgIpc) is 3.29. The molecule has 23 heavy (non-hydrogen) atoms. The largest absolute Gasteiger partial charge is 0.396 e. The predicted molar refractivity (Wildman–Crippen MR) is 88.4 cm³/mol. The minimum atomic E-state index is -0.0788. The Morgan fingerprint density at radius 2 is 1.96 bits per heavy atom. The third kappa shape index (κ3) is 4.20. The number of hydrogen-bond donors (Lipinski definition) is 2. The molecular weight excluding hydrogens is 290 g/mol. The third-order valence-electron chi connectivity index (χ3n) is 4.98. The van der Waals surface area contributed by atoms with Crippen molar-refractivity contribution >= 4 is 11.7 Å². The van der Waals surface area contributed by atoms with Crippen LogP contribution in [0.1, 0.15) is 60.0 Å². The minimum Gasteiger partial charge on any atom is -0.396 e. The van der Waals surface area contributed by atoms with Gasteiger partial charge in [0.2, 0.25) is 5.91 Å². The molecule has 0 aliphatic heterocycles. The maximum atomic E-state index is 12.3. The van der Waals surface area contributed by atoms with Crippen LogP contribution in [0.2, 0.25) is 0 Å². The van der Waals surface area contributed by atoms with E-state index < -0.39 is 0 Å². The van der Waals surface area contributed by atoms with Gasteiger partial charge in [0.25, 0.3) is 0 Å². The van der Waals surface area contributed by atoms with Crippen LogP contribution in [0.25, 0.3) is 0 Å². The van der Waals surface area contributed by atoms with Crippen molar-refractivity contribution in [3.05, 3.63) is 34.9 Å². The summed E-state index contributed by atoms with van der Waals surface area (Å²) in [5, 5.41) is 12.0. The van der Waals surface area contributed by atoms with Crippen LogP contribution < -0.4 is 5.32 Å². The van der Waals surface area contributed by atoms with Crippen LogP contribution in [0.3, 0.4) is 0 Å². The Morgan fingerprint density at radius 3 is 2.70 bits per heavy atom. The van der Waals surface area contributed by atoms with Gasteiger partial charge in [-0.05, 0) is 61.6 Å². The Hall–Kier alpha value is -1.68. The van der Waals surface area contributed by atoms with Crippen LogP contribution in [0, 0.1) is 5.92 Å². The highest BCUT2D eigenvalue weighted by Crippen LogP contribution is 2.34. The number of aliphatic hydroxyl groups is 1. The lowest BCUT2D eigenvalue weighted by atomic mass is 10.0. The fourth-order valence-electron chi connectivity index (χ4n) is 3.46. The SMILES string of the molecule is O=C(CCC(=O)c1ccc2c(c1)CCC2)NC(CCO)C1CC1. The molecule has 1 amide bonds. The molecule has 0 spiro atoms. The summed E-state index contributed by atoms with van der Waals surface area (Å²) in [6.07, 6.45) is 6.67. The molecular formula is C19H25NO3. The first kappa shape index (κ1) is 16.2. The van der Waals surface area contributed by atoms with Crippen LogP contribution in [-0.2, 0) is 17.6 Å². The summed E-state index contributed by atoms with van der Waals surface area (Å²) in [4.78, 5) is 24.3. The standard InChI is InChI=1S/C19H25NO3/c21-11-10-17(14-5-6-14)20-19(23)9-8-18(22)16-7-4-13-2-1-3-15(13)12-16/h4,7,12,14,17,21H,1-3,5-6,8-11H2,(H,20,23). The van der Waals surface area contributed by atoms with E-state index in [0.717, 1.165) is 31.2 Å². The second-order valence-corrected chi connectivity index (χ2v) is 6.78. The summed E-state index contributed by atoms with van der Waals surface area (Å²) in [5.74, 6) is 0.475. The Labute approximate surface area is 137 Å². The Bertz CT molecular complexity index is 592. The van der Waals surface area contributed by atoms with E-state index in [1.807, 2.05) is 12.1 Å². The van der Waals surface area contributed by atoms with Gasteiger partial charge in [0.15, 0.2) is 5.78 Å². The zero-order valence-corrected chi connectivity index (χ0v) is 13.5. The van der Waals surface area contributed by atoms with Crippen molar-refractivity contribution in [3.63, 3.8) is 0 Å². The molecule has 1 fully saturated rings. The second kappa shape index (κ2) is 7.26. The van der Waals surface area contributed by atoms with Crippen molar-refractivity contribution in [3.8, 4) is 0 Å². The molecule has 124 valence electrons. The molecule has 2 aliphatic carbocycles. The highest BCUT2D eigenvalue weighted by atomic mass is 16.3. The summed E-state index contributed by atoms with van der Waals surface area (Å²) in [6.45, 7) is 0.0928. The van der Waals surface area contributed by atoms with Gasteiger partial charge in [-0.25, -0.2) is 0 Å². The lowest BCUT2D eigenvalue weighted by Crippen LogP contribution is -2.37. The number of rotatable bonds is 8. The van der Waals surface area contributed by atoms with Gasteiger partial charge < -0.3 is 10.4 Å². The summed E-state index contributed by atoms with van der Waals surface area (Å²) in [6, 6.07) is 6.02. The fraction of sp³-hybridized carbons (Fsp3) is 0.579. The first-order valence-corrected chi connectivity index (χ1v) is 8.72. The fourth-order valence-corrected chi connectivity index (χ4v) is 3.46. The molecule has 2 aliphatic rings. The number of ketones is 1. The first-order valence-electron chi connectivity index (χ1n) is 8.72. The molecule has 1 aromatic carbocycles. The van der Waals surface area contributed by atoms with Gasteiger partial charge in [-0.3, -0.25) is 9.59 Å². The summed E-state index contributed by atoms with van der Waals surface area (Å²) >= 11 is 0. The number of fused-ring (bicyclic) bond motifs is 1. The van der Waals surface area contributed by atoms with Crippen molar-refractivity contribution < 1.29 is 14.7 Å². The number of Topliss-reactive ketones (excluding diaryl/α,β-unsaturated/α-hetero) is 1. The molecule has 4 nitrogen and oxygen atoms in total. The highest BCUT2D eigenvalue weighted by Gasteiger charge is 2.31. The molecule has 1 atom stereocenters. The highest BCUT2D eigenvalue weighted by molar-refractivity contribution is 5.98. The van der Waals surface area contributed by atoms with Crippen LogP contribution in [-0.4, -0.2) is 29.4 Å². The number of carbonyl (C=O) groups is 2. The normalized spacial score (nSPS) is 17.6. The van der Waals surface area contributed by atoms with Crippen LogP contribution in [0.15, 0.2) is 18.2 Å². The van der Waals surface area contributed by atoms with E-state index in [0.29, 0.717) is 12.3 Å². The van der Waals surface area contributed by atoms with Gasteiger partial charge in [-0.2, -0.15) is 0 Å². The number of amides is 1. The van der Waals surface area contributed by atoms with Crippen molar-refractivity contribution in [1.82, 2.24) is 5.32 Å². The van der Waals surface area contributed by atoms with Gasteiger partial charge in [-0.15, -0.1) is 0 Å². The van der Waals surface area contributed by atoms with E-state index in [1.54, 1.807) is 0 Å². The number of nitrogens with one attached hydrogen (secondary N) is 1. The molecule has 4 heteroatoms. The predicted octanol–water partition coefficient (Wildman–Crippen LogP) is 2.42. The third-order valence-corrected chi connectivity index (χ3v) is 4.98. The van der Waals surface area contributed by atoms with Crippen LogP contribution in [0.5, 0.6) is 0 Å². The number of carbonyl (C=O) groups excluding carboxylic acids is 2. The number of hydrogen-bond acceptors (Lipinski definition) is 3. The topological polar surface area (TPSA) is 66.4 Å². The van der Waals surface area contributed by atoms with Crippen LogP contribution >= 0.6 is 0 Å². The van der Waals surface area contributed by atoms with E-state index >= 15 is 0 Å². The van der Waals surface area contributed by atoms with E-state index in [9.17, 15) is 9.59 Å². The van der Waals surface area contributed by atoms with E-state index in [1.165, 1.54) is 17.5 Å². The smallest absolute Gasteiger partial charge is 0.220 e. The van der Waals surface area contributed by atoms with Crippen LogP contribution in [0.4, 0.5) is 0 Å². The van der Waals surface area contributed by atoms with Gasteiger partial charge >= 0.3 is 0 Å². The molecule has 0 bridgehead atoms. The zero-order valence-electron chi connectivity index (χ0n) is 13.5. The van der Waals surface area contributed by atoms with E-state index in [2.05, 4.69) is 11.4 Å². The van der Waals surface area contributed by atoms with Gasteiger partial charge in [-0.1, -0.05) is 12.1 Å². The van der Waals surface area contributed by atoms with E-state index in [4.69, 9.17) is 5.11 Å². The molecule has 0 saturated heterocycles. The molecule has 1 aromatic rings. The summed E-state index contributed by atoms with van der Waals surface area (Å²) in [7, 11) is 0. The van der Waals surface area contributed by atoms with E-state index in [-0.39, 0.29) is 37.2 Å². The van der Waals surface area contributed by atoms with Crippen molar-refractivity contribution in [1.29, 1.82) is 0 Å². The first-order chi connectivity index (χ1) is 11.2. The maximum absolute atomic E-state index is 12.3. The van der Waals surface area contributed by atoms with Gasteiger partial charge in [0.1, 0.15) is 0 Å². The minimum absolute atomic E-state index is 0.0416. The van der Waals surface area contributed by atoms with Gasteiger partial charge in [0.05, 0.1) is 0 Å². The number of aryl methyl sites for hydroxylation is 2. The molecule has 0 radical (unpaired) electrons. The van der Waals surface area contributed by atoms with Gasteiger partial charge in [0, 0.05) is 31.1 Å². The molecule has 2 N–H and O–H groups in total. The molecule has 1 unspecified atom stereocenters. The zero-order chi connectivity index (χ0) is 16.2. The quantitative estimate of drug-likeness (QED) is 0.724. The molecule has 3 rings (SSSR count). The Kier molecular flexibility index (Phi) is 5.11. The Morgan fingerprint density at radius 1 is 1.17 bits per heavy atom. The van der Waals surface area contributed by atoms with Crippen molar-refractivity contribution in [2.24, 2.45) is 5.92 Å². The number of benzene rings is 1. The Balaban J connectivity index is 1.49. The second-order valence-electron chi connectivity index (χ2n) is 6.78. The number of aliphatic hydroxyl groups excluding tert-OH is 1. The lowest BCUT2D eigenvalue weighted by Gasteiger charge is -2.17. The lowest BCUT2D eigenvalue weighted by molar-refractivity contribution is -0.122. The molecule has 0 aromatic heterocycles. The molecule has 1 saturated carbocycles. The maximum Gasteiger partial charge on any atom is 0.220 e. The monoisotopic (exact) mass is 315 g/mol. The van der Waals surface area contributed by atoms with Crippen molar-refractivity contribution in [2.75, 3.05) is 6.61 Å². The van der Waals surface area contributed by atoms with Crippen molar-refractivity contribution in [2.45, 2.75) is 57.4 Å². The summed E-state index contributed by atoms with van der Waals surface area (Å²) in [5.41, 5.74) is 3.38. The summed E-state index contributed by atoms with van der Waals surface area (Å²) < 4.78 is 0. The average molecular weight is 315 g/mol.